The highest BCUT2D eigenvalue weighted by molar-refractivity contribution is 6.33. The van der Waals surface area contributed by atoms with Crippen molar-refractivity contribution in [1.82, 2.24) is 10.5 Å². The van der Waals surface area contributed by atoms with Gasteiger partial charge in [0.15, 0.2) is 11.6 Å². The van der Waals surface area contributed by atoms with E-state index in [1.54, 1.807) is 17.6 Å². The predicted molar refractivity (Wildman–Crippen MR) is 136 cm³/mol. The number of nitrogens with one attached hydrogen (secondary N) is 1. The number of benzene rings is 3. The lowest BCUT2D eigenvalue weighted by atomic mass is 9.92. The average molecular weight is 520 g/mol. The quantitative estimate of drug-likeness (QED) is 0.228. The van der Waals surface area contributed by atoms with Crippen LogP contribution in [0.2, 0.25) is 5.02 Å². The maximum Gasteiger partial charge on any atom is 0.247 e. The number of amides is 2. The molecule has 4 aromatic rings. The smallest absolute Gasteiger partial charge is 0.247 e. The van der Waals surface area contributed by atoms with Crippen molar-refractivity contribution in [3.05, 3.63) is 94.8 Å². The monoisotopic (exact) mass is 519 g/mol. The molecular formula is C28H23ClFN3O4. The number of primary amides is 1. The topological polar surface area (TPSA) is 115 Å². The van der Waals surface area contributed by atoms with Gasteiger partial charge in [-0.1, -0.05) is 54.1 Å². The number of pyridine rings is 1. The number of nitrogens with zero attached hydrogens (tertiary/aromatic N) is 1. The van der Waals surface area contributed by atoms with Gasteiger partial charge in [-0.3, -0.25) is 14.8 Å². The fraction of sp³-hybridized carbons (Fsp3) is 0.179. The molecule has 1 aromatic heterocycles. The van der Waals surface area contributed by atoms with Crippen LogP contribution in [0.15, 0.2) is 72.8 Å². The van der Waals surface area contributed by atoms with Crippen molar-refractivity contribution in [3.8, 4) is 17.0 Å². The number of aromatic nitrogens is 1. The standard InChI is InChI=1S/C28H23ClFN3O4/c29-21-7-3-1-6-19(21)24-12-17(18-5-2-4-8-23(18)32-24)15-37-25-10-9-16(11-22(25)30)13-28(27(31)35)14-20(28)26(34)33-36/h1-12,20,36H,13-15H2,(H2,31,35)(H,33,34)/t20-,28+/m1/s1. The number of para-hydroxylation sites is 1. The molecule has 0 saturated heterocycles. The summed E-state index contributed by atoms with van der Waals surface area (Å²) in [7, 11) is 0. The first-order valence-corrected chi connectivity index (χ1v) is 12.0. The molecule has 7 nitrogen and oxygen atoms in total. The second-order valence-electron chi connectivity index (χ2n) is 9.15. The van der Waals surface area contributed by atoms with E-state index in [2.05, 4.69) is 0 Å². The summed E-state index contributed by atoms with van der Waals surface area (Å²) < 4.78 is 20.8. The first-order valence-electron chi connectivity index (χ1n) is 11.6. The predicted octanol–water partition coefficient (Wildman–Crippen LogP) is 4.81. The lowest BCUT2D eigenvalue weighted by Gasteiger charge is -2.15. The molecule has 0 unspecified atom stereocenters. The van der Waals surface area contributed by atoms with E-state index in [1.165, 1.54) is 12.1 Å². The number of carbonyl (C=O) groups excluding carboxylic acids is 2. The van der Waals surface area contributed by atoms with Crippen molar-refractivity contribution in [2.75, 3.05) is 0 Å². The Morgan fingerprint density at radius 2 is 1.89 bits per heavy atom. The third kappa shape index (κ3) is 4.73. The second kappa shape index (κ2) is 9.80. The fourth-order valence-corrected chi connectivity index (χ4v) is 4.98. The summed E-state index contributed by atoms with van der Waals surface area (Å²) >= 11 is 6.39. The maximum atomic E-state index is 15.0. The average Bonchev–Trinajstić information content (AvgIpc) is 3.63. The molecule has 0 bridgehead atoms. The molecule has 188 valence electrons. The Kier molecular flexibility index (Phi) is 6.54. The third-order valence-corrected chi connectivity index (χ3v) is 7.17. The largest absolute Gasteiger partial charge is 0.486 e. The van der Waals surface area contributed by atoms with Gasteiger partial charge in [0.1, 0.15) is 6.61 Å². The molecule has 1 aliphatic carbocycles. The zero-order valence-electron chi connectivity index (χ0n) is 19.6. The number of fused-ring (bicyclic) bond motifs is 1. The zero-order chi connectivity index (χ0) is 26.2. The Bertz CT molecular complexity index is 1530. The molecule has 4 N–H and O–H groups in total. The zero-order valence-corrected chi connectivity index (χ0v) is 20.3. The van der Waals surface area contributed by atoms with Gasteiger partial charge in [0, 0.05) is 21.5 Å². The number of hydrogen-bond acceptors (Lipinski definition) is 5. The molecule has 1 fully saturated rings. The van der Waals surface area contributed by atoms with Gasteiger partial charge in [-0.15, -0.1) is 0 Å². The number of carbonyl (C=O) groups is 2. The van der Waals surface area contributed by atoms with E-state index in [0.29, 0.717) is 16.3 Å². The van der Waals surface area contributed by atoms with Crippen LogP contribution >= 0.6 is 11.6 Å². The van der Waals surface area contributed by atoms with Crippen LogP contribution in [0.4, 0.5) is 4.39 Å². The fourth-order valence-electron chi connectivity index (χ4n) is 4.75. The van der Waals surface area contributed by atoms with Crippen molar-refractivity contribution < 1.29 is 23.9 Å². The van der Waals surface area contributed by atoms with E-state index in [4.69, 9.17) is 32.3 Å². The molecule has 9 heteroatoms. The number of rotatable bonds is 8. The molecule has 1 heterocycles. The van der Waals surface area contributed by atoms with E-state index < -0.39 is 29.0 Å². The van der Waals surface area contributed by atoms with Crippen LogP contribution in [0, 0.1) is 17.2 Å². The SMILES string of the molecule is NC(=O)[C@@]1(Cc2ccc(OCc3cc(-c4ccccc4Cl)nc4ccccc34)c(F)c2)C[C@@H]1C(=O)NO. The summed E-state index contributed by atoms with van der Waals surface area (Å²) in [5.41, 5.74) is 9.46. The highest BCUT2D eigenvalue weighted by Gasteiger charge is 2.62. The van der Waals surface area contributed by atoms with Gasteiger partial charge < -0.3 is 10.5 Å². The van der Waals surface area contributed by atoms with Crippen LogP contribution in [0.5, 0.6) is 5.75 Å². The molecular weight excluding hydrogens is 497 g/mol. The molecule has 2 atom stereocenters. The summed E-state index contributed by atoms with van der Waals surface area (Å²) in [6, 6.07) is 21.3. The molecule has 2 amide bonds. The van der Waals surface area contributed by atoms with Crippen molar-refractivity contribution in [1.29, 1.82) is 0 Å². The Hall–Kier alpha value is -4.01. The van der Waals surface area contributed by atoms with Crippen LogP contribution < -0.4 is 16.0 Å². The number of hydrogen-bond donors (Lipinski definition) is 3. The second-order valence-corrected chi connectivity index (χ2v) is 9.55. The molecule has 1 aliphatic rings. The van der Waals surface area contributed by atoms with E-state index in [-0.39, 0.29) is 25.2 Å². The Morgan fingerprint density at radius 1 is 1.14 bits per heavy atom. The molecule has 0 spiro atoms. The highest BCUT2D eigenvalue weighted by atomic mass is 35.5. The van der Waals surface area contributed by atoms with E-state index in [1.807, 2.05) is 48.5 Å². The van der Waals surface area contributed by atoms with Gasteiger partial charge in [-0.2, -0.15) is 0 Å². The van der Waals surface area contributed by atoms with Crippen LogP contribution in [0.3, 0.4) is 0 Å². The number of halogens is 2. The van der Waals surface area contributed by atoms with Gasteiger partial charge in [0.25, 0.3) is 0 Å². The van der Waals surface area contributed by atoms with Crippen molar-refractivity contribution in [2.45, 2.75) is 19.4 Å². The first kappa shape index (κ1) is 24.7. The van der Waals surface area contributed by atoms with E-state index in [9.17, 15) is 14.0 Å². The maximum absolute atomic E-state index is 15.0. The van der Waals surface area contributed by atoms with Gasteiger partial charge in [0.2, 0.25) is 11.8 Å². The van der Waals surface area contributed by atoms with Crippen molar-refractivity contribution >= 4 is 34.3 Å². The summed E-state index contributed by atoms with van der Waals surface area (Å²) in [5, 5.41) is 10.3. The molecule has 0 radical (unpaired) electrons. The minimum absolute atomic E-state index is 0.0394. The lowest BCUT2D eigenvalue weighted by Crippen LogP contribution is -2.33. The van der Waals surface area contributed by atoms with Crippen LogP contribution in [-0.2, 0) is 22.6 Å². The highest BCUT2D eigenvalue weighted by Crippen LogP contribution is 2.54. The normalized spacial score (nSPS) is 18.4. The number of hydroxylamine groups is 1. The summed E-state index contributed by atoms with van der Waals surface area (Å²) in [6.45, 7) is 0.0840. The van der Waals surface area contributed by atoms with Crippen LogP contribution in [0.1, 0.15) is 17.5 Å². The van der Waals surface area contributed by atoms with Gasteiger partial charge >= 0.3 is 0 Å². The van der Waals surface area contributed by atoms with Gasteiger partial charge in [0.05, 0.1) is 22.5 Å². The van der Waals surface area contributed by atoms with Crippen molar-refractivity contribution in [3.63, 3.8) is 0 Å². The molecule has 0 aliphatic heterocycles. The van der Waals surface area contributed by atoms with Gasteiger partial charge in [-0.05, 0) is 48.7 Å². The Balaban J connectivity index is 1.38. The molecule has 5 rings (SSSR count). The first-order chi connectivity index (χ1) is 17.8. The van der Waals surface area contributed by atoms with E-state index >= 15 is 0 Å². The van der Waals surface area contributed by atoms with Crippen LogP contribution in [0.25, 0.3) is 22.2 Å². The van der Waals surface area contributed by atoms with Crippen molar-refractivity contribution in [2.24, 2.45) is 17.1 Å². The summed E-state index contributed by atoms with van der Waals surface area (Å²) in [4.78, 5) is 28.5. The molecule has 3 aromatic carbocycles. The Morgan fingerprint density at radius 3 is 2.62 bits per heavy atom. The third-order valence-electron chi connectivity index (χ3n) is 6.84. The number of ether oxygens (including phenoxy) is 1. The lowest BCUT2D eigenvalue weighted by molar-refractivity contribution is -0.134. The number of nitrogens with two attached hydrogens (primary N) is 1. The molecule has 37 heavy (non-hydrogen) atoms. The Labute approximate surface area is 217 Å². The van der Waals surface area contributed by atoms with Gasteiger partial charge in [-0.25, -0.2) is 14.9 Å². The minimum Gasteiger partial charge on any atom is -0.486 e. The van der Waals surface area contributed by atoms with E-state index in [0.717, 1.165) is 22.0 Å². The molecule has 1 saturated carbocycles. The summed E-state index contributed by atoms with van der Waals surface area (Å²) in [6.07, 6.45) is 0.269. The summed E-state index contributed by atoms with van der Waals surface area (Å²) in [5.74, 6) is -2.66. The van der Waals surface area contributed by atoms with Crippen LogP contribution in [-0.4, -0.2) is 22.0 Å². The minimum atomic E-state index is -1.15.